The molecular formula is C21H28N6O3S. The van der Waals surface area contributed by atoms with Gasteiger partial charge >= 0.3 is 0 Å². The molecule has 0 saturated carbocycles. The highest BCUT2D eigenvalue weighted by atomic mass is 32.2. The molecule has 0 atom stereocenters. The molecule has 2 fully saturated rings. The molecule has 31 heavy (non-hydrogen) atoms. The maximum absolute atomic E-state index is 13.0. The normalized spacial score (nSPS) is 18.9. The van der Waals surface area contributed by atoms with E-state index in [0.29, 0.717) is 39.0 Å². The van der Waals surface area contributed by atoms with Gasteiger partial charge in [-0.25, -0.2) is 18.4 Å². The number of rotatable bonds is 4. The molecule has 9 nitrogen and oxygen atoms in total. The Labute approximate surface area is 183 Å². The second kappa shape index (κ2) is 8.88. The number of pyridine rings is 1. The van der Waals surface area contributed by atoms with Gasteiger partial charge in [-0.15, -0.1) is 0 Å². The quantitative estimate of drug-likeness (QED) is 0.699. The number of hydrogen-bond acceptors (Lipinski definition) is 7. The van der Waals surface area contributed by atoms with Gasteiger partial charge in [-0.3, -0.25) is 9.78 Å². The first-order valence-corrected chi connectivity index (χ1v) is 12.0. The summed E-state index contributed by atoms with van der Waals surface area (Å²) in [6, 6.07) is 5.15. The van der Waals surface area contributed by atoms with Crippen LogP contribution in [0, 0.1) is 19.8 Å². The standard InChI is InChI=1S/C21H28N6O3S/c1-16-14-20(24-17(2)23-16)25-10-12-26(13-11-25)21(28)18-5-8-27(9-6-18)31(29,30)19-4-3-7-22-15-19/h3-4,7,14-15,18H,5-6,8-13H2,1-2H3. The van der Waals surface area contributed by atoms with Crippen molar-refractivity contribution in [1.82, 2.24) is 24.2 Å². The molecule has 0 aliphatic carbocycles. The number of carbonyl (C=O) groups is 1. The van der Waals surface area contributed by atoms with Gasteiger partial charge in [-0.05, 0) is 38.8 Å². The van der Waals surface area contributed by atoms with E-state index in [0.717, 1.165) is 30.4 Å². The van der Waals surface area contributed by atoms with E-state index in [1.165, 1.54) is 10.5 Å². The molecule has 4 heterocycles. The van der Waals surface area contributed by atoms with Crippen molar-refractivity contribution >= 4 is 21.7 Å². The van der Waals surface area contributed by atoms with E-state index >= 15 is 0 Å². The number of sulfonamides is 1. The van der Waals surface area contributed by atoms with Crippen LogP contribution in [0.25, 0.3) is 0 Å². The third-order valence-electron chi connectivity index (χ3n) is 5.94. The minimum Gasteiger partial charge on any atom is -0.353 e. The maximum atomic E-state index is 13.0. The third-order valence-corrected chi connectivity index (χ3v) is 7.83. The van der Waals surface area contributed by atoms with Crippen LogP contribution in [0.5, 0.6) is 0 Å². The number of piperidine rings is 1. The number of aromatic nitrogens is 3. The molecule has 2 aromatic heterocycles. The summed E-state index contributed by atoms with van der Waals surface area (Å²) in [5.74, 6) is 1.66. The van der Waals surface area contributed by atoms with Crippen molar-refractivity contribution in [2.45, 2.75) is 31.6 Å². The molecule has 2 aromatic rings. The van der Waals surface area contributed by atoms with Gasteiger partial charge in [-0.1, -0.05) is 0 Å². The Balaban J connectivity index is 1.31. The number of nitrogens with zero attached hydrogens (tertiary/aromatic N) is 6. The van der Waals surface area contributed by atoms with E-state index in [2.05, 4.69) is 19.9 Å². The van der Waals surface area contributed by atoms with Crippen molar-refractivity contribution in [1.29, 1.82) is 0 Å². The average molecular weight is 445 g/mol. The minimum absolute atomic E-state index is 0.129. The summed E-state index contributed by atoms with van der Waals surface area (Å²) >= 11 is 0. The topological polar surface area (TPSA) is 99.6 Å². The lowest BCUT2D eigenvalue weighted by Crippen LogP contribution is -2.52. The lowest BCUT2D eigenvalue weighted by Gasteiger charge is -2.38. The van der Waals surface area contributed by atoms with Crippen LogP contribution in [0.4, 0.5) is 5.82 Å². The van der Waals surface area contributed by atoms with E-state index in [1.807, 2.05) is 24.8 Å². The van der Waals surface area contributed by atoms with Crippen molar-refractivity contribution in [3.8, 4) is 0 Å². The van der Waals surface area contributed by atoms with Crippen LogP contribution >= 0.6 is 0 Å². The summed E-state index contributed by atoms with van der Waals surface area (Å²) in [7, 11) is -3.55. The fraction of sp³-hybridized carbons (Fsp3) is 0.524. The van der Waals surface area contributed by atoms with Crippen molar-refractivity contribution in [3.63, 3.8) is 0 Å². The Morgan fingerprint density at radius 1 is 1.03 bits per heavy atom. The molecule has 0 aromatic carbocycles. The number of piperazine rings is 1. The Morgan fingerprint density at radius 2 is 1.74 bits per heavy atom. The monoisotopic (exact) mass is 444 g/mol. The Morgan fingerprint density at radius 3 is 2.35 bits per heavy atom. The largest absolute Gasteiger partial charge is 0.353 e. The van der Waals surface area contributed by atoms with Crippen LogP contribution in [0.15, 0.2) is 35.5 Å². The van der Waals surface area contributed by atoms with Gasteiger partial charge in [0.2, 0.25) is 15.9 Å². The lowest BCUT2D eigenvalue weighted by atomic mass is 9.96. The van der Waals surface area contributed by atoms with Crippen molar-refractivity contribution < 1.29 is 13.2 Å². The second-order valence-corrected chi connectivity index (χ2v) is 10.0. The van der Waals surface area contributed by atoms with Crippen LogP contribution in [-0.4, -0.2) is 77.8 Å². The molecular weight excluding hydrogens is 416 g/mol. The molecule has 2 aliphatic rings. The summed E-state index contributed by atoms with van der Waals surface area (Å²) in [4.78, 5) is 30.1. The highest BCUT2D eigenvalue weighted by molar-refractivity contribution is 7.89. The lowest BCUT2D eigenvalue weighted by molar-refractivity contribution is -0.137. The molecule has 0 N–H and O–H groups in total. The first-order valence-electron chi connectivity index (χ1n) is 10.6. The number of aryl methyl sites for hydroxylation is 2. The van der Waals surface area contributed by atoms with Gasteiger partial charge in [0.25, 0.3) is 0 Å². The zero-order chi connectivity index (χ0) is 22.0. The van der Waals surface area contributed by atoms with E-state index in [-0.39, 0.29) is 16.7 Å². The van der Waals surface area contributed by atoms with Gasteiger partial charge in [0.05, 0.1) is 0 Å². The second-order valence-electron chi connectivity index (χ2n) is 8.09. The molecule has 2 saturated heterocycles. The zero-order valence-electron chi connectivity index (χ0n) is 17.9. The van der Waals surface area contributed by atoms with E-state index in [9.17, 15) is 13.2 Å². The molecule has 0 spiro atoms. The van der Waals surface area contributed by atoms with Crippen molar-refractivity contribution in [2.24, 2.45) is 5.92 Å². The Bertz CT molecular complexity index is 1010. The third kappa shape index (κ3) is 4.69. The van der Waals surface area contributed by atoms with E-state index in [4.69, 9.17) is 0 Å². The summed E-state index contributed by atoms with van der Waals surface area (Å²) in [6.07, 6.45) is 4.01. The van der Waals surface area contributed by atoms with Crippen LogP contribution in [0.3, 0.4) is 0 Å². The number of hydrogen-bond donors (Lipinski definition) is 0. The fourth-order valence-electron chi connectivity index (χ4n) is 4.27. The molecule has 166 valence electrons. The van der Waals surface area contributed by atoms with Gasteiger partial charge in [0.1, 0.15) is 16.5 Å². The Hall–Kier alpha value is -2.59. The predicted molar refractivity (Wildman–Crippen MR) is 116 cm³/mol. The highest BCUT2D eigenvalue weighted by Crippen LogP contribution is 2.25. The average Bonchev–Trinajstić information content (AvgIpc) is 2.79. The van der Waals surface area contributed by atoms with Gasteiger partial charge in [0, 0.05) is 69.3 Å². The number of carbonyl (C=O) groups excluding carboxylic acids is 1. The SMILES string of the molecule is Cc1cc(N2CCN(C(=O)C3CCN(S(=O)(=O)c4cccnc4)CC3)CC2)nc(C)n1. The summed E-state index contributed by atoms with van der Waals surface area (Å²) in [5, 5.41) is 0. The summed E-state index contributed by atoms with van der Waals surface area (Å²) < 4.78 is 27.0. The minimum atomic E-state index is -3.55. The van der Waals surface area contributed by atoms with Gasteiger partial charge in [0.15, 0.2) is 0 Å². The van der Waals surface area contributed by atoms with Gasteiger partial charge in [-0.2, -0.15) is 4.31 Å². The molecule has 0 radical (unpaired) electrons. The molecule has 4 rings (SSSR count). The van der Waals surface area contributed by atoms with Crippen LogP contribution in [0.2, 0.25) is 0 Å². The molecule has 1 amide bonds. The van der Waals surface area contributed by atoms with E-state index in [1.54, 1.807) is 18.3 Å². The van der Waals surface area contributed by atoms with Gasteiger partial charge < -0.3 is 9.80 Å². The molecule has 10 heteroatoms. The first-order chi connectivity index (χ1) is 14.8. The Kier molecular flexibility index (Phi) is 6.19. The van der Waals surface area contributed by atoms with Crippen LogP contribution < -0.4 is 4.90 Å². The van der Waals surface area contributed by atoms with Crippen molar-refractivity contribution in [3.05, 3.63) is 42.1 Å². The van der Waals surface area contributed by atoms with Crippen LogP contribution in [0.1, 0.15) is 24.4 Å². The number of amides is 1. The van der Waals surface area contributed by atoms with E-state index < -0.39 is 10.0 Å². The highest BCUT2D eigenvalue weighted by Gasteiger charge is 2.34. The maximum Gasteiger partial charge on any atom is 0.244 e. The van der Waals surface area contributed by atoms with Crippen LogP contribution in [-0.2, 0) is 14.8 Å². The molecule has 0 unspecified atom stereocenters. The molecule has 2 aliphatic heterocycles. The molecule has 0 bridgehead atoms. The summed E-state index contributed by atoms with van der Waals surface area (Å²) in [6.45, 7) is 7.31. The predicted octanol–water partition coefficient (Wildman–Crippen LogP) is 1.24. The fourth-order valence-corrected chi connectivity index (χ4v) is 5.70. The smallest absolute Gasteiger partial charge is 0.244 e. The van der Waals surface area contributed by atoms with Crippen molar-refractivity contribution in [2.75, 3.05) is 44.2 Å². The number of anilines is 1. The first kappa shape index (κ1) is 21.6. The zero-order valence-corrected chi connectivity index (χ0v) is 18.8. The summed E-state index contributed by atoms with van der Waals surface area (Å²) in [5.41, 5.74) is 0.939.